The van der Waals surface area contributed by atoms with Crippen molar-refractivity contribution < 1.29 is 9.47 Å². The van der Waals surface area contributed by atoms with Crippen molar-refractivity contribution in [3.63, 3.8) is 0 Å². The predicted octanol–water partition coefficient (Wildman–Crippen LogP) is 3.53. The van der Waals surface area contributed by atoms with Gasteiger partial charge in [0.2, 0.25) is 0 Å². The van der Waals surface area contributed by atoms with Gasteiger partial charge >= 0.3 is 0 Å². The van der Waals surface area contributed by atoms with Crippen LogP contribution in [-0.4, -0.2) is 56.9 Å². The Balaban J connectivity index is 1.09. The number of fused-ring (bicyclic) bond motifs is 1. The molecule has 4 nitrogen and oxygen atoms in total. The molecule has 0 spiro atoms. The lowest BCUT2D eigenvalue weighted by Gasteiger charge is -2.36. The molecule has 1 fully saturated rings. The van der Waals surface area contributed by atoms with Crippen molar-refractivity contribution in [3.8, 4) is 5.75 Å². The molecule has 2 heterocycles. The summed E-state index contributed by atoms with van der Waals surface area (Å²) in [5.41, 5.74) is 3.97. The van der Waals surface area contributed by atoms with E-state index in [1.165, 1.54) is 16.8 Å². The molecule has 0 saturated carbocycles. The first kappa shape index (κ1) is 18.3. The third kappa shape index (κ3) is 4.82. The van der Waals surface area contributed by atoms with Crippen LogP contribution in [0, 0.1) is 6.92 Å². The van der Waals surface area contributed by atoms with Crippen LogP contribution in [0.4, 0.5) is 5.69 Å². The molecule has 0 aromatic heterocycles. The number of anilines is 1. The Bertz CT molecular complexity index is 698. The minimum atomic E-state index is 0.181. The van der Waals surface area contributed by atoms with Crippen LogP contribution in [0.1, 0.15) is 17.5 Å². The fraction of sp³-hybridized carbons (Fsp3) is 0.478. The van der Waals surface area contributed by atoms with Crippen LogP contribution < -0.4 is 9.64 Å². The highest BCUT2D eigenvalue weighted by molar-refractivity contribution is 5.47. The molecular formula is C23H30N2O2. The molecule has 0 bridgehead atoms. The molecule has 0 amide bonds. The van der Waals surface area contributed by atoms with Crippen molar-refractivity contribution in [3.05, 3.63) is 59.7 Å². The molecule has 0 radical (unpaired) electrons. The summed E-state index contributed by atoms with van der Waals surface area (Å²) in [6.45, 7) is 9.25. The molecule has 1 atom stereocenters. The van der Waals surface area contributed by atoms with E-state index >= 15 is 0 Å². The molecule has 144 valence electrons. The summed E-state index contributed by atoms with van der Waals surface area (Å²) in [5, 5.41) is 0. The summed E-state index contributed by atoms with van der Waals surface area (Å²) in [6, 6.07) is 17.2. The SMILES string of the molecule is Cc1ccc(N2CCN(CCCOCC3Cc4ccccc4O3)CC2)cc1. The largest absolute Gasteiger partial charge is 0.487 e. The summed E-state index contributed by atoms with van der Waals surface area (Å²) in [6.07, 6.45) is 2.24. The van der Waals surface area contributed by atoms with Crippen LogP contribution in [0.15, 0.2) is 48.5 Å². The minimum absolute atomic E-state index is 0.181. The maximum absolute atomic E-state index is 5.92. The Morgan fingerprint density at radius 3 is 2.56 bits per heavy atom. The van der Waals surface area contributed by atoms with Crippen molar-refractivity contribution in [2.75, 3.05) is 50.8 Å². The van der Waals surface area contributed by atoms with Gasteiger partial charge in [0.15, 0.2) is 0 Å². The number of para-hydroxylation sites is 1. The first-order chi connectivity index (χ1) is 13.3. The summed E-state index contributed by atoms with van der Waals surface area (Å²) >= 11 is 0. The number of hydrogen-bond donors (Lipinski definition) is 0. The zero-order chi connectivity index (χ0) is 18.5. The fourth-order valence-corrected chi connectivity index (χ4v) is 3.94. The highest BCUT2D eigenvalue weighted by atomic mass is 16.5. The quantitative estimate of drug-likeness (QED) is 0.700. The van der Waals surface area contributed by atoms with E-state index in [4.69, 9.17) is 9.47 Å². The van der Waals surface area contributed by atoms with E-state index in [-0.39, 0.29) is 6.10 Å². The van der Waals surface area contributed by atoms with Crippen molar-refractivity contribution in [2.24, 2.45) is 0 Å². The number of nitrogens with zero attached hydrogens (tertiary/aromatic N) is 2. The molecule has 1 saturated heterocycles. The summed E-state index contributed by atoms with van der Waals surface area (Å²) in [4.78, 5) is 5.04. The van der Waals surface area contributed by atoms with Gasteiger partial charge in [-0.25, -0.2) is 0 Å². The van der Waals surface area contributed by atoms with Crippen LogP contribution in [0.25, 0.3) is 0 Å². The van der Waals surface area contributed by atoms with Gasteiger partial charge in [-0.3, -0.25) is 4.90 Å². The van der Waals surface area contributed by atoms with E-state index in [1.54, 1.807) is 0 Å². The van der Waals surface area contributed by atoms with Crippen LogP contribution >= 0.6 is 0 Å². The second kappa shape index (κ2) is 8.77. The average Bonchev–Trinajstić information content (AvgIpc) is 3.12. The third-order valence-electron chi connectivity index (χ3n) is 5.55. The monoisotopic (exact) mass is 366 g/mol. The van der Waals surface area contributed by atoms with E-state index in [1.807, 2.05) is 12.1 Å². The second-order valence-corrected chi connectivity index (χ2v) is 7.64. The normalized spacial score (nSPS) is 19.7. The summed E-state index contributed by atoms with van der Waals surface area (Å²) < 4.78 is 11.8. The summed E-state index contributed by atoms with van der Waals surface area (Å²) in [5.74, 6) is 1.03. The van der Waals surface area contributed by atoms with Crippen molar-refractivity contribution >= 4 is 5.69 Å². The molecule has 2 aromatic rings. The van der Waals surface area contributed by atoms with E-state index in [9.17, 15) is 0 Å². The summed E-state index contributed by atoms with van der Waals surface area (Å²) in [7, 11) is 0. The topological polar surface area (TPSA) is 24.9 Å². The number of hydrogen-bond acceptors (Lipinski definition) is 4. The fourth-order valence-electron chi connectivity index (χ4n) is 3.94. The average molecular weight is 367 g/mol. The highest BCUT2D eigenvalue weighted by Gasteiger charge is 2.22. The predicted molar refractivity (Wildman–Crippen MR) is 110 cm³/mol. The van der Waals surface area contributed by atoms with Crippen LogP contribution in [0.3, 0.4) is 0 Å². The molecule has 1 unspecified atom stereocenters. The number of rotatable bonds is 7. The number of aryl methyl sites for hydroxylation is 1. The maximum atomic E-state index is 5.92. The number of benzene rings is 2. The number of ether oxygens (including phenoxy) is 2. The molecule has 27 heavy (non-hydrogen) atoms. The standard InChI is InChI=1S/C23H30N2O2/c1-19-7-9-21(10-8-19)25-14-12-24(13-15-25)11-4-16-26-18-22-17-20-5-2-3-6-23(20)27-22/h2-3,5-10,22H,4,11-18H2,1H3. The van der Waals surface area contributed by atoms with Gasteiger partial charge in [0, 0.05) is 51.4 Å². The Labute approximate surface area is 162 Å². The molecule has 4 rings (SSSR count). The Hall–Kier alpha value is -2.04. The second-order valence-electron chi connectivity index (χ2n) is 7.64. The maximum Gasteiger partial charge on any atom is 0.126 e. The van der Waals surface area contributed by atoms with Crippen LogP contribution in [0.5, 0.6) is 5.75 Å². The first-order valence-corrected chi connectivity index (χ1v) is 10.1. The lowest BCUT2D eigenvalue weighted by molar-refractivity contribution is 0.0550. The van der Waals surface area contributed by atoms with E-state index in [0.29, 0.717) is 6.61 Å². The third-order valence-corrected chi connectivity index (χ3v) is 5.55. The van der Waals surface area contributed by atoms with Crippen LogP contribution in [-0.2, 0) is 11.2 Å². The van der Waals surface area contributed by atoms with E-state index in [2.05, 4.69) is 53.1 Å². The van der Waals surface area contributed by atoms with Gasteiger partial charge in [0.25, 0.3) is 0 Å². The first-order valence-electron chi connectivity index (χ1n) is 10.1. The lowest BCUT2D eigenvalue weighted by atomic mass is 10.1. The van der Waals surface area contributed by atoms with Gasteiger partial charge in [-0.1, -0.05) is 35.9 Å². The van der Waals surface area contributed by atoms with Crippen LogP contribution in [0.2, 0.25) is 0 Å². The van der Waals surface area contributed by atoms with Gasteiger partial charge in [0.05, 0.1) is 6.61 Å². The molecule has 0 N–H and O–H groups in total. The van der Waals surface area contributed by atoms with Gasteiger partial charge in [-0.15, -0.1) is 0 Å². The van der Waals surface area contributed by atoms with Gasteiger partial charge in [0.1, 0.15) is 11.9 Å². The van der Waals surface area contributed by atoms with Gasteiger partial charge in [-0.05, 0) is 37.1 Å². The molecule has 2 aliphatic rings. The zero-order valence-corrected chi connectivity index (χ0v) is 16.3. The van der Waals surface area contributed by atoms with Crippen molar-refractivity contribution in [1.82, 2.24) is 4.90 Å². The van der Waals surface area contributed by atoms with Crippen molar-refractivity contribution in [2.45, 2.75) is 25.9 Å². The van der Waals surface area contributed by atoms with E-state index < -0.39 is 0 Å². The Morgan fingerprint density at radius 2 is 1.78 bits per heavy atom. The minimum Gasteiger partial charge on any atom is -0.487 e. The highest BCUT2D eigenvalue weighted by Crippen LogP contribution is 2.28. The zero-order valence-electron chi connectivity index (χ0n) is 16.3. The molecule has 4 heteroatoms. The Kier molecular flexibility index (Phi) is 5.95. The van der Waals surface area contributed by atoms with Gasteiger partial charge < -0.3 is 14.4 Å². The molecule has 2 aliphatic heterocycles. The molecule has 0 aliphatic carbocycles. The molecular weight excluding hydrogens is 336 g/mol. The Morgan fingerprint density at radius 1 is 1.00 bits per heavy atom. The molecule has 2 aromatic carbocycles. The lowest BCUT2D eigenvalue weighted by Crippen LogP contribution is -2.46. The van der Waals surface area contributed by atoms with Crippen molar-refractivity contribution in [1.29, 1.82) is 0 Å². The smallest absolute Gasteiger partial charge is 0.126 e. The number of piperazine rings is 1. The van der Waals surface area contributed by atoms with E-state index in [0.717, 1.165) is 57.9 Å². The van der Waals surface area contributed by atoms with Gasteiger partial charge in [-0.2, -0.15) is 0 Å².